The highest BCUT2D eigenvalue weighted by molar-refractivity contribution is 7.92. The molecule has 0 aliphatic heterocycles. The van der Waals surface area contributed by atoms with Crippen molar-refractivity contribution in [2.24, 2.45) is 0 Å². The van der Waals surface area contributed by atoms with Crippen molar-refractivity contribution in [3.8, 4) is 5.75 Å². The van der Waals surface area contributed by atoms with Crippen LogP contribution in [0, 0.1) is 13.8 Å². The summed E-state index contributed by atoms with van der Waals surface area (Å²) in [5.74, 6) is 0.450. The molecule has 0 heterocycles. The Labute approximate surface area is 202 Å². The van der Waals surface area contributed by atoms with Gasteiger partial charge in [-0.25, -0.2) is 8.42 Å². The number of benzene rings is 3. The van der Waals surface area contributed by atoms with Gasteiger partial charge in [0.05, 0.1) is 17.1 Å². The third kappa shape index (κ3) is 6.38. The number of hydrogen-bond acceptors (Lipinski definition) is 4. The lowest BCUT2D eigenvalue weighted by atomic mass is 9.87. The molecule has 2 N–H and O–H groups in total. The predicted octanol–water partition coefficient (Wildman–Crippen LogP) is 5.21. The van der Waals surface area contributed by atoms with Gasteiger partial charge in [0.2, 0.25) is 0 Å². The van der Waals surface area contributed by atoms with E-state index in [1.165, 1.54) is 5.56 Å². The quantitative estimate of drug-likeness (QED) is 0.434. The Morgan fingerprint density at radius 1 is 0.912 bits per heavy atom. The van der Waals surface area contributed by atoms with Crippen molar-refractivity contribution in [2.45, 2.75) is 44.9 Å². The molecule has 7 heteroatoms. The fraction of sp³-hybridized carbons (Fsp3) is 0.296. The van der Waals surface area contributed by atoms with E-state index in [2.05, 4.69) is 30.8 Å². The van der Waals surface area contributed by atoms with Crippen LogP contribution in [-0.2, 0) is 15.4 Å². The minimum atomic E-state index is -3.76. The smallest absolute Gasteiger partial charge is 0.261 e. The van der Waals surface area contributed by atoms with Crippen LogP contribution >= 0.6 is 0 Å². The van der Waals surface area contributed by atoms with Crippen molar-refractivity contribution < 1.29 is 17.9 Å². The molecule has 0 saturated heterocycles. The normalized spacial score (nSPS) is 11.7. The minimum absolute atomic E-state index is 0.0766. The molecule has 3 aromatic carbocycles. The maximum atomic E-state index is 12.7. The topological polar surface area (TPSA) is 84.5 Å². The molecule has 0 atom stereocenters. The van der Waals surface area contributed by atoms with Gasteiger partial charge in [-0.3, -0.25) is 9.52 Å². The number of hydrogen-bond donors (Lipinski definition) is 2. The monoisotopic (exact) mass is 480 g/mol. The number of nitrogens with one attached hydrogen (secondary N) is 2. The third-order valence-corrected chi connectivity index (χ3v) is 6.91. The van der Waals surface area contributed by atoms with E-state index in [1.807, 2.05) is 31.2 Å². The fourth-order valence-corrected chi connectivity index (χ4v) is 4.52. The number of aryl methyl sites for hydroxylation is 1. The van der Waals surface area contributed by atoms with Crippen molar-refractivity contribution >= 4 is 21.6 Å². The molecule has 6 nitrogen and oxygen atoms in total. The van der Waals surface area contributed by atoms with Gasteiger partial charge in [0.25, 0.3) is 15.9 Å². The lowest BCUT2D eigenvalue weighted by molar-refractivity contribution is 0.0946. The molecule has 180 valence electrons. The summed E-state index contributed by atoms with van der Waals surface area (Å²) < 4.78 is 33.8. The average molecular weight is 481 g/mol. The van der Waals surface area contributed by atoms with Gasteiger partial charge in [0.1, 0.15) is 12.4 Å². The lowest BCUT2D eigenvalue weighted by Gasteiger charge is -2.19. The first-order chi connectivity index (χ1) is 16.0. The standard InChI is InChI=1S/C27H32N2O4S/c1-19-9-15-23(16-10-19)34(31,32)29-25-8-6-7-24(20(25)2)26(30)28-17-18-33-22-13-11-21(12-14-22)27(3,4)5/h6-16,29H,17-18H2,1-5H3,(H,28,30). The van der Waals surface area contributed by atoms with Crippen LogP contribution < -0.4 is 14.8 Å². The Hall–Kier alpha value is -3.32. The number of rotatable bonds is 8. The van der Waals surface area contributed by atoms with Crippen molar-refractivity contribution in [3.63, 3.8) is 0 Å². The van der Waals surface area contributed by atoms with Crippen LogP contribution in [0.2, 0.25) is 0 Å². The molecule has 0 aliphatic rings. The molecule has 0 saturated carbocycles. The first-order valence-corrected chi connectivity index (χ1v) is 12.7. The third-order valence-electron chi connectivity index (χ3n) is 5.53. The van der Waals surface area contributed by atoms with Crippen LogP contribution in [0.15, 0.2) is 71.6 Å². The van der Waals surface area contributed by atoms with Gasteiger partial charge < -0.3 is 10.1 Å². The van der Waals surface area contributed by atoms with Crippen LogP contribution in [0.4, 0.5) is 5.69 Å². The molecule has 1 amide bonds. The Morgan fingerprint density at radius 3 is 2.18 bits per heavy atom. The van der Waals surface area contributed by atoms with Crippen LogP contribution in [-0.4, -0.2) is 27.5 Å². The second-order valence-corrected chi connectivity index (χ2v) is 11.0. The summed E-state index contributed by atoms with van der Waals surface area (Å²) >= 11 is 0. The largest absolute Gasteiger partial charge is 0.492 e. The average Bonchev–Trinajstić information content (AvgIpc) is 2.78. The Balaban J connectivity index is 1.59. The van der Waals surface area contributed by atoms with E-state index in [-0.39, 0.29) is 16.2 Å². The lowest BCUT2D eigenvalue weighted by Crippen LogP contribution is -2.29. The van der Waals surface area contributed by atoms with E-state index in [9.17, 15) is 13.2 Å². The summed E-state index contributed by atoms with van der Waals surface area (Å²) in [5.41, 5.74) is 3.59. The first-order valence-electron chi connectivity index (χ1n) is 11.2. The molecule has 3 aromatic rings. The maximum Gasteiger partial charge on any atom is 0.261 e. The number of carbonyl (C=O) groups is 1. The van der Waals surface area contributed by atoms with E-state index in [0.717, 1.165) is 11.3 Å². The van der Waals surface area contributed by atoms with Crippen LogP contribution in [0.3, 0.4) is 0 Å². The van der Waals surface area contributed by atoms with Crippen molar-refractivity contribution in [2.75, 3.05) is 17.9 Å². The second-order valence-electron chi connectivity index (χ2n) is 9.28. The summed E-state index contributed by atoms with van der Waals surface area (Å²) in [5, 5.41) is 2.83. The van der Waals surface area contributed by atoms with Crippen LogP contribution in [0.5, 0.6) is 5.75 Å². The van der Waals surface area contributed by atoms with Gasteiger partial charge in [-0.2, -0.15) is 0 Å². The second kappa shape index (κ2) is 10.3. The van der Waals surface area contributed by atoms with E-state index >= 15 is 0 Å². The van der Waals surface area contributed by atoms with Crippen molar-refractivity contribution in [1.29, 1.82) is 0 Å². The summed E-state index contributed by atoms with van der Waals surface area (Å²) in [4.78, 5) is 12.9. The molecular formula is C27H32N2O4S. The summed E-state index contributed by atoms with van der Waals surface area (Å²) in [6.45, 7) is 10.7. The number of sulfonamides is 1. The highest BCUT2D eigenvalue weighted by Crippen LogP contribution is 2.25. The van der Waals surface area contributed by atoms with E-state index < -0.39 is 10.0 Å². The summed E-state index contributed by atoms with van der Waals surface area (Å²) in [6.07, 6.45) is 0. The van der Waals surface area contributed by atoms with Gasteiger partial charge in [0.15, 0.2) is 0 Å². The molecule has 0 aliphatic carbocycles. The molecule has 0 aromatic heterocycles. The minimum Gasteiger partial charge on any atom is -0.492 e. The molecule has 34 heavy (non-hydrogen) atoms. The predicted molar refractivity (Wildman–Crippen MR) is 136 cm³/mol. The van der Waals surface area contributed by atoms with Crippen LogP contribution in [0.25, 0.3) is 0 Å². The highest BCUT2D eigenvalue weighted by atomic mass is 32.2. The van der Waals surface area contributed by atoms with E-state index in [1.54, 1.807) is 49.4 Å². The first kappa shape index (κ1) is 25.3. The molecule has 0 fully saturated rings. The molecule has 3 rings (SSSR count). The number of carbonyl (C=O) groups excluding carboxylic acids is 1. The zero-order valence-corrected chi connectivity index (χ0v) is 21.1. The SMILES string of the molecule is Cc1ccc(S(=O)(=O)Nc2cccc(C(=O)NCCOc3ccc(C(C)(C)C)cc3)c2C)cc1. The van der Waals surface area contributed by atoms with Gasteiger partial charge in [-0.15, -0.1) is 0 Å². The van der Waals surface area contributed by atoms with Crippen molar-refractivity contribution in [3.05, 3.63) is 89.0 Å². The van der Waals surface area contributed by atoms with Crippen LogP contribution in [0.1, 0.15) is 47.8 Å². The zero-order chi connectivity index (χ0) is 24.9. The molecule has 0 radical (unpaired) electrons. The molecule has 0 spiro atoms. The Morgan fingerprint density at radius 2 is 1.56 bits per heavy atom. The van der Waals surface area contributed by atoms with E-state index in [4.69, 9.17) is 4.74 Å². The van der Waals surface area contributed by atoms with Gasteiger partial charge in [-0.1, -0.05) is 56.7 Å². The number of anilines is 1. The summed E-state index contributed by atoms with van der Waals surface area (Å²) in [7, 11) is -3.76. The molecule has 0 unspecified atom stereocenters. The number of amides is 1. The Bertz CT molecular complexity index is 1240. The van der Waals surface area contributed by atoms with E-state index in [0.29, 0.717) is 30.0 Å². The van der Waals surface area contributed by atoms with Gasteiger partial charge >= 0.3 is 0 Å². The maximum absolute atomic E-state index is 12.7. The fourth-order valence-electron chi connectivity index (χ4n) is 3.39. The highest BCUT2D eigenvalue weighted by Gasteiger charge is 2.18. The summed E-state index contributed by atoms with van der Waals surface area (Å²) in [6, 6.07) is 19.5. The van der Waals surface area contributed by atoms with Gasteiger partial charge in [0, 0.05) is 5.56 Å². The van der Waals surface area contributed by atoms with Gasteiger partial charge in [-0.05, 0) is 66.8 Å². The molecular weight excluding hydrogens is 448 g/mol. The zero-order valence-electron chi connectivity index (χ0n) is 20.3. The molecule has 0 bridgehead atoms. The Kier molecular flexibility index (Phi) is 7.67. The number of ether oxygens (including phenoxy) is 1. The van der Waals surface area contributed by atoms with Crippen molar-refractivity contribution in [1.82, 2.24) is 5.32 Å².